The van der Waals surface area contributed by atoms with E-state index in [0.29, 0.717) is 0 Å². The number of alkyl halides is 3. The van der Waals surface area contributed by atoms with E-state index in [2.05, 4.69) is 15.9 Å². The molecule has 21 heavy (non-hydrogen) atoms. The van der Waals surface area contributed by atoms with Gasteiger partial charge in [0.05, 0.1) is 4.90 Å². The van der Waals surface area contributed by atoms with Crippen LogP contribution in [0.15, 0.2) is 39.2 Å². The fourth-order valence-electron chi connectivity index (χ4n) is 2.05. The van der Waals surface area contributed by atoms with Crippen LogP contribution < -0.4 is 0 Å². The molecule has 1 aliphatic heterocycles. The van der Waals surface area contributed by atoms with Gasteiger partial charge in [-0.05, 0) is 37.1 Å². The standard InChI is InChI=1S/C13H13BrF3NO2S/c1-9-8-11(2-3-12(9)14)21(19,20)18-6-4-10(5-7-18)13(15,16)17/h2-4,8H,5-7H2,1H3. The molecule has 8 heteroatoms. The molecule has 1 aromatic rings. The molecule has 0 fully saturated rings. The molecular weight excluding hydrogens is 371 g/mol. The highest BCUT2D eigenvalue weighted by Gasteiger charge is 2.37. The summed E-state index contributed by atoms with van der Waals surface area (Å²) in [6.45, 7) is 1.33. The van der Waals surface area contributed by atoms with E-state index < -0.39 is 21.8 Å². The van der Waals surface area contributed by atoms with Crippen molar-refractivity contribution >= 4 is 26.0 Å². The van der Waals surface area contributed by atoms with Crippen LogP contribution >= 0.6 is 15.9 Å². The molecule has 0 atom stereocenters. The largest absolute Gasteiger partial charge is 0.412 e. The van der Waals surface area contributed by atoms with Gasteiger partial charge in [0.1, 0.15) is 0 Å². The second-order valence-corrected chi connectivity index (χ2v) is 7.54. The van der Waals surface area contributed by atoms with Crippen LogP contribution in [0, 0.1) is 6.92 Å². The molecule has 1 aromatic carbocycles. The van der Waals surface area contributed by atoms with Crippen molar-refractivity contribution in [1.29, 1.82) is 0 Å². The maximum atomic E-state index is 12.5. The first-order valence-electron chi connectivity index (χ1n) is 6.15. The van der Waals surface area contributed by atoms with Crippen LogP contribution in [0.1, 0.15) is 12.0 Å². The van der Waals surface area contributed by atoms with Crippen molar-refractivity contribution in [3.63, 3.8) is 0 Å². The molecule has 0 aromatic heterocycles. The topological polar surface area (TPSA) is 37.4 Å². The first-order chi connectivity index (χ1) is 9.62. The van der Waals surface area contributed by atoms with E-state index >= 15 is 0 Å². The summed E-state index contributed by atoms with van der Waals surface area (Å²) in [5.41, 5.74) is 0.0838. The zero-order valence-electron chi connectivity index (χ0n) is 11.1. The Morgan fingerprint density at radius 2 is 1.95 bits per heavy atom. The van der Waals surface area contributed by atoms with Crippen molar-refractivity contribution in [2.24, 2.45) is 0 Å². The third kappa shape index (κ3) is 3.49. The number of nitrogens with zero attached hydrogens (tertiary/aromatic N) is 1. The Morgan fingerprint density at radius 1 is 1.29 bits per heavy atom. The third-order valence-corrected chi connectivity index (χ3v) is 6.05. The van der Waals surface area contributed by atoms with Gasteiger partial charge in [0, 0.05) is 23.1 Å². The van der Waals surface area contributed by atoms with Crippen LogP contribution in [-0.4, -0.2) is 32.0 Å². The van der Waals surface area contributed by atoms with Crippen molar-refractivity contribution in [2.45, 2.75) is 24.4 Å². The molecule has 0 aliphatic carbocycles. The lowest BCUT2D eigenvalue weighted by Gasteiger charge is -2.26. The van der Waals surface area contributed by atoms with Crippen molar-refractivity contribution in [1.82, 2.24) is 4.31 Å². The average molecular weight is 384 g/mol. The molecule has 0 saturated carbocycles. The highest BCUT2D eigenvalue weighted by Crippen LogP contribution is 2.32. The summed E-state index contributed by atoms with van der Waals surface area (Å²) >= 11 is 3.28. The van der Waals surface area contributed by atoms with E-state index in [0.717, 1.165) is 20.4 Å². The van der Waals surface area contributed by atoms with Gasteiger partial charge in [0.2, 0.25) is 10.0 Å². The Bertz CT molecular complexity index is 683. The summed E-state index contributed by atoms with van der Waals surface area (Å²) in [5.74, 6) is 0. The highest BCUT2D eigenvalue weighted by atomic mass is 79.9. The molecule has 0 N–H and O–H groups in total. The predicted octanol–water partition coefficient (Wildman–Crippen LogP) is 3.64. The Balaban J connectivity index is 2.26. The lowest BCUT2D eigenvalue weighted by molar-refractivity contribution is -0.0953. The van der Waals surface area contributed by atoms with Crippen LogP contribution in [0.2, 0.25) is 0 Å². The number of halogens is 4. The Kier molecular flexibility index (Phi) is 4.51. The molecule has 0 unspecified atom stereocenters. The number of hydrogen-bond acceptors (Lipinski definition) is 2. The summed E-state index contributed by atoms with van der Waals surface area (Å²) < 4.78 is 64.3. The fraction of sp³-hybridized carbons (Fsp3) is 0.385. The summed E-state index contributed by atoms with van der Waals surface area (Å²) in [6, 6.07) is 4.56. The van der Waals surface area contributed by atoms with Crippen molar-refractivity contribution < 1.29 is 21.6 Å². The molecule has 0 saturated heterocycles. The first-order valence-corrected chi connectivity index (χ1v) is 8.38. The Morgan fingerprint density at radius 3 is 2.43 bits per heavy atom. The summed E-state index contributed by atoms with van der Waals surface area (Å²) in [6.07, 6.45) is -3.77. The van der Waals surface area contributed by atoms with Gasteiger partial charge in [-0.25, -0.2) is 8.42 Å². The zero-order chi connectivity index (χ0) is 15.8. The second kappa shape index (κ2) is 5.73. The lowest BCUT2D eigenvalue weighted by atomic mass is 10.1. The van der Waals surface area contributed by atoms with Crippen molar-refractivity contribution in [2.75, 3.05) is 13.1 Å². The normalized spacial score (nSPS) is 17.7. The van der Waals surface area contributed by atoms with Gasteiger partial charge in [0.15, 0.2) is 0 Å². The van der Waals surface area contributed by atoms with Crippen molar-refractivity contribution in [3.8, 4) is 0 Å². The van der Waals surface area contributed by atoms with Crippen molar-refractivity contribution in [3.05, 3.63) is 39.9 Å². The van der Waals surface area contributed by atoms with E-state index in [1.807, 2.05) is 0 Å². The number of benzene rings is 1. The maximum absolute atomic E-state index is 12.5. The SMILES string of the molecule is Cc1cc(S(=O)(=O)N2CC=C(C(F)(F)F)CC2)ccc1Br. The summed E-state index contributed by atoms with van der Waals surface area (Å²) in [4.78, 5) is 0.0899. The zero-order valence-corrected chi connectivity index (χ0v) is 13.5. The van der Waals surface area contributed by atoms with E-state index in [-0.39, 0.29) is 24.4 Å². The minimum absolute atomic E-state index is 0.0899. The smallest absolute Gasteiger partial charge is 0.207 e. The number of aryl methyl sites for hydroxylation is 1. The molecule has 2 rings (SSSR count). The molecule has 1 heterocycles. The molecule has 3 nitrogen and oxygen atoms in total. The first kappa shape index (κ1) is 16.5. The molecule has 116 valence electrons. The number of sulfonamides is 1. The summed E-state index contributed by atoms with van der Waals surface area (Å²) in [7, 11) is -3.77. The van der Waals surface area contributed by atoms with Gasteiger partial charge in [0.25, 0.3) is 0 Å². The number of rotatable bonds is 2. The van der Waals surface area contributed by atoms with Crippen LogP contribution in [0.25, 0.3) is 0 Å². The lowest BCUT2D eigenvalue weighted by Crippen LogP contribution is -2.36. The minimum Gasteiger partial charge on any atom is -0.207 e. The van der Waals surface area contributed by atoms with Gasteiger partial charge in [-0.3, -0.25) is 0 Å². The molecule has 1 aliphatic rings. The average Bonchev–Trinajstić information content (AvgIpc) is 2.41. The molecular formula is C13H13BrF3NO2S. The van der Waals surface area contributed by atoms with E-state index in [4.69, 9.17) is 0 Å². The van der Waals surface area contributed by atoms with Crippen LogP contribution in [0.4, 0.5) is 13.2 Å². The number of hydrogen-bond donors (Lipinski definition) is 0. The Labute approximate surface area is 129 Å². The van der Waals surface area contributed by atoms with Gasteiger partial charge in [-0.1, -0.05) is 22.0 Å². The second-order valence-electron chi connectivity index (χ2n) is 4.75. The van der Waals surface area contributed by atoms with Gasteiger partial charge < -0.3 is 0 Å². The van der Waals surface area contributed by atoms with Gasteiger partial charge >= 0.3 is 6.18 Å². The third-order valence-electron chi connectivity index (χ3n) is 3.30. The van der Waals surface area contributed by atoms with Crippen LogP contribution in [-0.2, 0) is 10.0 Å². The van der Waals surface area contributed by atoms with Gasteiger partial charge in [-0.2, -0.15) is 17.5 Å². The predicted molar refractivity (Wildman–Crippen MR) is 76.4 cm³/mol. The van der Waals surface area contributed by atoms with Crippen LogP contribution in [0.5, 0.6) is 0 Å². The Hall–Kier alpha value is -0.860. The highest BCUT2D eigenvalue weighted by molar-refractivity contribution is 9.10. The molecule has 0 amide bonds. The van der Waals surface area contributed by atoms with E-state index in [9.17, 15) is 21.6 Å². The minimum atomic E-state index is -4.38. The van der Waals surface area contributed by atoms with Gasteiger partial charge in [-0.15, -0.1) is 0 Å². The van der Waals surface area contributed by atoms with Crippen LogP contribution in [0.3, 0.4) is 0 Å². The molecule has 0 spiro atoms. The molecule has 0 radical (unpaired) electrons. The molecule has 0 bridgehead atoms. The maximum Gasteiger partial charge on any atom is 0.412 e. The van der Waals surface area contributed by atoms with E-state index in [1.54, 1.807) is 13.0 Å². The monoisotopic (exact) mass is 383 g/mol. The van der Waals surface area contributed by atoms with E-state index in [1.165, 1.54) is 12.1 Å². The summed E-state index contributed by atoms with van der Waals surface area (Å²) in [5, 5.41) is 0. The quantitative estimate of drug-likeness (QED) is 0.731. The fourth-order valence-corrected chi connectivity index (χ4v) is 3.77.